The highest BCUT2D eigenvalue weighted by Crippen LogP contribution is 2.34. The van der Waals surface area contributed by atoms with E-state index in [0.29, 0.717) is 5.69 Å². The van der Waals surface area contributed by atoms with Crippen molar-refractivity contribution in [2.24, 2.45) is 5.92 Å². The number of carbonyl (C=O) groups excluding carboxylic acids is 1. The van der Waals surface area contributed by atoms with Gasteiger partial charge in [-0.25, -0.2) is 4.98 Å². The zero-order valence-electron chi connectivity index (χ0n) is 21.2. The van der Waals surface area contributed by atoms with E-state index in [1.54, 1.807) is 12.4 Å². The molecule has 0 atom stereocenters. The lowest BCUT2D eigenvalue weighted by molar-refractivity contribution is -0.118. The topological polar surface area (TPSA) is 106 Å². The van der Waals surface area contributed by atoms with Crippen molar-refractivity contribution in [1.82, 2.24) is 30.0 Å². The maximum atomic E-state index is 12.1. The van der Waals surface area contributed by atoms with Crippen LogP contribution in [-0.4, -0.2) is 69.2 Å². The number of fused-ring (bicyclic) bond motifs is 2. The van der Waals surface area contributed by atoms with Crippen LogP contribution in [0.2, 0.25) is 0 Å². The monoisotopic (exact) mass is 494 g/mol. The molecule has 4 aromatic heterocycles. The number of hydrogen-bond donors (Lipinski definition) is 3. The Morgan fingerprint density at radius 1 is 1.03 bits per heavy atom. The largest absolute Gasteiger partial charge is 0.368 e. The van der Waals surface area contributed by atoms with Crippen LogP contribution in [0.4, 0.5) is 11.4 Å². The Morgan fingerprint density at radius 3 is 2.68 bits per heavy atom. The Balaban J connectivity index is 1.36. The van der Waals surface area contributed by atoms with E-state index in [1.807, 2.05) is 32.0 Å². The van der Waals surface area contributed by atoms with Gasteiger partial charge in [-0.1, -0.05) is 19.9 Å². The van der Waals surface area contributed by atoms with Crippen molar-refractivity contribution in [1.29, 1.82) is 0 Å². The third kappa shape index (κ3) is 4.42. The van der Waals surface area contributed by atoms with Gasteiger partial charge in [0.15, 0.2) is 0 Å². The Kier molecular flexibility index (Phi) is 5.84. The molecule has 5 aromatic rings. The first-order chi connectivity index (χ1) is 18.0. The first-order valence-electron chi connectivity index (χ1n) is 12.6. The molecule has 1 aromatic carbocycles. The number of likely N-dealkylation sites (N-methyl/N-ethyl adjacent to an activating group) is 1. The summed E-state index contributed by atoms with van der Waals surface area (Å²) < 4.78 is 0. The van der Waals surface area contributed by atoms with Gasteiger partial charge in [0.1, 0.15) is 11.2 Å². The molecule has 3 N–H and O–H groups in total. The molecular formula is C28H30N8O. The van der Waals surface area contributed by atoms with E-state index in [0.717, 1.165) is 65.4 Å². The van der Waals surface area contributed by atoms with E-state index in [9.17, 15) is 4.79 Å². The molecule has 0 spiro atoms. The van der Waals surface area contributed by atoms with Gasteiger partial charge in [0, 0.05) is 60.4 Å². The predicted octanol–water partition coefficient (Wildman–Crippen LogP) is 4.51. The van der Waals surface area contributed by atoms with Crippen LogP contribution < -0.4 is 10.2 Å². The van der Waals surface area contributed by atoms with Gasteiger partial charge in [0.25, 0.3) is 0 Å². The highest BCUT2D eigenvalue weighted by molar-refractivity contribution is 5.99. The summed E-state index contributed by atoms with van der Waals surface area (Å²) in [6, 6.07) is 14.4. The molecule has 1 aliphatic heterocycles. The van der Waals surface area contributed by atoms with Gasteiger partial charge in [0.2, 0.25) is 5.91 Å². The highest BCUT2D eigenvalue weighted by atomic mass is 16.1. The molecule has 0 unspecified atom stereocenters. The molecule has 1 amide bonds. The maximum Gasteiger partial charge on any atom is 0.226 e. The van der Waals surface area contributed by atoms with Gasteiger partial charge in [-0.3, -0.25) is 14.9 Å². The number of aromatic amines is 2. The minimum atomic E-state index is -0.111. The molecule has 1 saturated heterocycles. The van der Waals surface area contributed by atoms with Crippen LogP contribution in [0.15, 0.2) is 54.9 Å². The molecule has 0 aliphatic carbocycles. The molecule has 0 bridgehead atoms. The summed E-state index contributed by atoms with van der Waals surface area (Å²) in [7, 11) is 2.17. The van der Waals surface area contributed by atoms with Gasteiger partial charge < -0.3 is 20.1 Å². The standard InChI is InChI=1S/C28H30N8O/c1-17(2)28(37)30-19-13-18(15-29-16-19)21-7-8-23-26(32-21)27(34-33-23)24-14-20-22(31-24)5-4-6-25(20)36-11-9-35(3)10-12-36/h4-8,13-17,31H,9-12H2,1-3H3,(H,30,37)(H,33,34). The fourth-order valence-corrected chi connectivity index (χ4v) is 4.77. The molecule has 1 aliphatic rings. The molecule has 0 saturated carbocycles. The molecule has 6 rings (SSSR count). The predicted molar refractivity (Wildman–Crippen MR) is 148 cm³/mol. The molecule has 9 nitrogen and oxygen atoms in total. The van der Waals surface area contributed by atoms with Gasteiger partial charge in [0.05, 0.1) is 28.8 Å². The smallest absolute Gasteiger partial charge is 0.226 e. The summed E-state index contributed by atoms with van der Waals surface area (Å²) in [6.07, 6.45) is 3.40. The van der Waals surface area contributed by atoms with E-state index in [2.05, 4.69) is 66.6 Å². The van der Waals surface area contributed by atoms with Crippen LogP contribution in [0.1, 0.15) is 13.8 Å². The van der Waals surface area contributed by atoms with E-state index in [4.69, 9.17) is 4.98 Å². The molecule has 188 valence electrons. The zero-order valence-corrected chi connectivity index (χ0v) is 21.2. The number of carbonyl (C=O) groups is 1. The van der Waals surface area contributed by atoms with E-state index >= 15 is 0 Å². The first-order valence-corrected chi connectivity index (χ1v) is 12.6. The minimum Gasteiger partial charge on any atom is -0.368 e. The number of aromatic nitrogens is 5. The van der Waals surface area contributed by atoms with Crippen molar-refractivity contribution < 1.29 is 4.79 Å². The molecule has 0 radical (unpaired) electrons. The molecule has 5 heterocycles. The quantitative estimate of drug-likeness (QED) is 0.332. The van der Waals surface area contributed by atoms with Crippen LogP contribution in [0, 0.1) is 5.92 Å². The number of nitrogens with zero attached hydrogens (tertiary/aromatic N) is 5. The van der Waals surface area contributed by atoms with Gasteiger partial charge >= 0.3 is 0 Å². The summed E-state index contributed by atoms with van der Waals surface area (Å²) >= 11 is 0. The van der Waals surface area contributed by atoms with Gasteiger partial charge in [-0.05, 0) is 43.4 Å². The second-order valence-corrected chi connectivity index (χ2v) is 9.98. The lowest BCUT2D eigenvalue weighted by Crippen LogP contribution is -2.44. The number of hydrogen-bond acceptors (Lipinski definition) is 6. The summed E-state index contributed by atoms with van der Waals surface area (Å²) in [5.41, 5.74) is 7.89. The average Bonchev–Trinajstić information content (AvgIpc) is 3.53. The Labute approximate surface area is 214 Å². The van der Waals surface area contributed by atoms with Crippen molar-refractivity contribution in [3.05, 3.63) is 54.9 Å². The van der Waals surface area contributed by atoms with Crippen molar-refractivity contribution in [2.75, 3.05) is 43.4 Å². The molecule has 1 fully saturated rings. The van der Waals surface area contributed by atoms with Crippen LogP contribution >= 0.6 is 0 Å². The molecule has 9 heteroatoms. The van der Waals surface area contributed by atoms with Crippen molar-refractivity contribution in [3.63, 3.8) is 0 Å². The fraction of sp³-hybridized carbons (Fsp3) is 0.286. The lowest BCUT2D eigenvalue weighted by atomic mass is 10.1. The van der Waals surface area contributed by atoms with Crippen molar-refractivity contribution >= 4 is 39.2 Å². The SMILES string of the molecule is CC(C)C(=O)Nc1cncc(-c2ccc3[nH]nc(-c4cc5c(N6CCN(C)CC6)cccc5[nH]4)c3n2)c1. The number of H-pyrrole nitrogens is 2. The third-order valence-corrected chi connectivity index (χ3v) is 6.97. The normalized spacial score (nSPS) is 14.6. The second-order valence-electron chi connectivity index (χ2n) is 9.98. The second kappa shape index (κ2) is 9.33. The molecule has 37 heavy (non-hydrogen) atoms. The van der Waals surface area contributed by atoms with E-state index < -0.39 is 0 Å². The summed E-state index contributed by atoms with van der Waals surface area (Å²) in [5.74, 6) is -0.158. The fourth-order valence-electron chi connectivity index (χ4n) is 4.77. The first kappa shape index (κ1) is 23.2. The van der Waals surface area contributed by atoms with Gasteiger partial charge in [-0.15, -0.1) is 0 Å². The van der Waals surface area contributed by atoms with Crippen LogP contribution in [0.3, 0.4) is 0 Å². The number of benzene rings is 1. The third-order valence-electron chi connectivity index (χ3n) is 6.97. The summed E-state index contributed by atoms with van der Waals surface area (Å²) in [5, 5.41) is 11.8. The van der Waals surface area contributed by atoms with Crippen molar-refractivity contribution in [3.8, 4) is 22.6 Å². The average molecular weight is 495 g/mol. The van der Waals surface area contributed by atoms with Crippen LogP contribution in [0.25, 0.3) is 44.6 Å². The highest BCUT2D eigenvalue weighted by Gasteiger charge is 2.19. The van der Waals surface area contributed by atoms with E-state index in [-0.39, 0.29) is 11.8 Å². The Bertz CT molecular complexity index is 1590. The molecular weight excluding hydrogens is 464 g/mol. The van der Waals surface area contributed by atoms with Crippen LogP contribution in [-0.2, 0) is 4.79 Å². The number of rotatable bonds is 5. The Morgan fingerprint density at radius 2 is 1.86 bits per heavy atom. The van der Waals surface area contributed by atoms with E-state index in [1.165, 1.54) is 11.1 Å². The maximum absolute atomic E-state index is 12.1. The van der Waals surface area contributed by atoms with Crippen molar-refractivity contribution in [2.45, 2.75) is 13.8 Å². The zero-order chi connectivity index (χ0) is 25.5. The van der Waals surface area contributed by atoms with Crippen LogP contribution in [0.5, 0.6) is 0 Å². The Hall–Kier alpha value is -4.24. The number of pyridine rings is 2. The number of nitrogens with one attached hydrogen (secondary N) is 3. The number of piperazine rings is 1. The number of amides is 1. The van der Waals surface area contributed by atoms with Gasteiger partial charge in [-0.2, -0.15) is 5.10 Å². The minimum absolute atomic E-state index is 0.0470. The lowest BCUT2D eigenvalue weighted by Gasteiger charge is -2.34. The summed E-state index contributed by atoms with van der Waals surface area (Å²) in [4.78, 5) is 29.8. The summed E-state index contributed by atoms with van der Waals surface area (Å²) in [6.45, 7) is 7.86. The number of anilines is 2.